The molecule has 3 N–H and O–H groups in total. The van der Waals surface area contributed by atoms with E-state index in [0.717, 1.165) is 5.56 Å². The number of carbonyl (C=O) groups excluding carboxylic acids is 2. The highest BCUT2D eigenvalue weighted by molar-refractivity contribution is 7.89. The van der Waals surface area contributed by atoms with E-state index in [1.165, 1.54) is 4.31 Å². The van der Waals surface area contributed by atoms with Gasteiger partial charge in [-0.1, -0.05) is 12.1 Å². The lowest BCUT2D eigenvalue weighted by Crippen LogP contribution is -2.53. The molecular formula is C17H25N3O6S. The van der Waals surface area contributed by atoms with E-state index < -0.39 is 28.1 Å². The van der Waals surface area contributed by atoms with Crippen LogP contribution in [-0.4, -0.2) is 68.7 Å². The number of aliphatic hydroxyl groups is 1. The Hall–Kier alpha value is -2.01. The first-order valence-electron chi connectivity index (χ1n) is 8.65. The zero-order valence-electron chi connectivity index (χ0n) is 15.4. The number of aryl methyl sites for hydroxylation is 2. The second-order valence-electron chi connectivity index (χ2n) is 6.25. The number of hydrogen-bond donors (Lipinski definition) is 3. The van der Waals surface area contributed by atoms with Crippen LogP contribution in [0.2, 0.25) is 0 Å². The highest BCUT2D eigenvalue weighted by Gasteiger charge is 2.35. The van der Waals surface area contributed by atoms with Gasteiger partial charge in [-0.3, -0.25) is 9.59 Å². The Morgan fingerprint density at radius 2 is 1.96 bits per heavy atom. The second kappa shape index (κ2) is 9.27. The van der Waals surface area contributed by atoms with E-state index in [4.69, 9.17) is 9.84 Å². The molecule has 1 aliphatic rings. The Balaban J connectivity index is 2.13. The maximum atomic E-state index is 13.1. The number of benzene rings is 1. The van der Waals surface area contributed by atoms with Crippen LogP contribution in [0.3, 0.4) is 0 Å². The number of carbonyl (C=O) groups is 2. The quantitative estimate of drug-likeness (QED) is 0.542. The number of nitrogens with one attached hydrogen (secondary N) is 2. The molecule has 1 atom stereocenters. The summed E-state index contributed by atoms with van der Waals surface area (Å²) in [6.07, 6.45) is -0.371. The number of aliphatic hydroxyl groups excluding tert-OH is 1. The van der Waals surface area contributed by atoms with Gasteiger partial charge >= 0.3 is 11.8 Å². The van der Waals surface area contributed by atoms with E-state index in [-0.39, 0.29) is 31.1 Å². The molecule has 1 aliphatic heterocycles. The first kappa shape index (κ1) is 21.3. The highest BCUT2D eigenvalue weighted by atomic mass is 32.2. The molecule has 9 nitrogen and oxygen atoms in total. The zero-order chi connectivity index (χ0) is 20.0. The summed E-state index contributed by atoms with van der Waals surface area (Å²) in [5.74, 6) is -1.81. The third-order valence-electron chi connectivity index (χ3n) is 4.13. The summed E-state index contributed by atoms with van der Waals surface area (Å²) in [5, 5.41) is 13.3. The van der Waals surface area contributed by atoms with Gasteiger partial charge in [0.05, 0.1) is 24.7 Å². The van der Waals surface area contributed by atoms with Crippen molar-refractivity contribution in [1.82, 2.24) is 14.9 Å². The molecule has 1 fully saturated rings. The normalized spacial score (nSPS) is 18.1. The van der Waals surface area contributed by atoms with E-state index in [0.29, 0.717) is 18.6 Å². The van der Waals surface area contributed by atoms with Crippen molar-refractivity contribution < 1.29 is 27.9 Å². The lowest BCUT2D eigenvalue weighted by molar-refractivity contribution is -0.140. The van der Waals surface area contributed by atoms with Gasteiger partial charge in [0.25, 0.3) is 0 Å². The van der Waals surface area contributed by atoms with Gasteiger partial charge < -0.3 is 20.5 Å². The molecule has 0 saturated carbocycles. The monoisotopic (exact) mass is 399 g/mol. The van der Waals surface area contributed by atoms with Crippen LogP contribution in [0.1, 0.15) is 17.5 Å². The summed E-state index contributed by atoms with van der Waals surface area (Å²) in [7, 11) is -3.82. The fraction of sp³-hybridized carbons (Fsp3) is 0.529. The molecule has 2 amide bonds. The molecule has 150 valence electrons. The van der Waals surface area contributed by atoms with Crippen LogP contribution >= 0.6 is 0 Å². The summed E-state index contributed by atoms with van der Waals surface area (Å²) >= 11 is 0. The summed E-state index contributed by atoms with van der Waals surface area (Å²) in [6, 6.07) is 5.19. The number of hydrogen-bond acceptors (Lipinski definition) is 6. The van der Waals surface area contributed by atoms with Gasteiger partial charge in [-0.25, -0.2) is 8.42 Å². The van der Waals surface area contributed by atoms with E-state index in [1.807, 2.05) is 13.0 Å². The fourth-order valence-corrected chi connectivity index (χ4v) is 4.60. The van der Waals surface area contributed by atoms with Crippen molar-refractivity contribution in [3.63, 3.8) is 0 Å². The predicted octanol–water partition coefficient (Wildman–Crippen LogP) is -0.735. The minimum absolute atomic E-state index is 0.0423. The Kier molecular flexibility index (Phi) is 7.31. The highest BCUT2D eigenvalue weighted by Crippen LogP contribution is 2.25. The van der Waals surface area contributed by atoms with Gasteiger partial charge in [0.15, 0.2) is 0 Å². The Bertz CT molecular complexity index is 796. The number of ether oxygens (including phenoxy) is 1. The zero-order valence-corrected chi connectivity index (χ0v) is 16.2. The Morgan fingerprint density at radius 3 is 2.67 bits per heavy atom. The van der Waals surface area contributed by atoms with Gasteiger partial charge in [0.1, 0.15) is 6.23 Å². The van der Waals surface area contributed by atoms with Crippen molar-refractivity contribution in [2.24, 2.45) is 0 Å². The molecule has 0 radical (unpaired) electrons. The lowest BCUT2D eigenvalue weighted by atomic mass is 10.2. The van der Waals surface area contributed by atoms with Gasteiger partial charge in [-0.15, -0.1) is 0 Å². The van der Waals surface area contributed by atoms with E-state index in [1.54, 1.807) is 19.1 Å². The predicted molar refractivity (Wildman–Crippen MR) is 97.3 cm³/mol. The molecule has 27 heavy (non-hydrogen) atoms. The first-order chi connectivity index (χ1) is 12.8. The smallest absolute Gasteiger partial charge is 0.309 e. The van der Waals surface area contributed by atoms with Crippen LogP contribution in [-0.2, 0) is 24.3 Å². The molecule has 1 aromatic rings. The summed E-state index contributed by atoms with van der Waals surface area (Å²) in [5.41, 5.74) is 1.44. The first-order valence-corrected chi connectivity index (χ1v) is 10.1. The average molecular weight is 399 g/mol. The van der Waals surface area contributed by atoms with Crippen LogP contribution in [0.4, 0.5) is 0 Å². The summed E-state index contributed by atoms with van der Waals surface area (Å²) in [6.45, 7) is 3.66. The lowest BCUT2D eigenvalue weighted by Gasteiger charge is -2.35. The number of nitrogens with zero attached hydrogens (tertiary/aromatic N) is 1. The van der Waals surface area contributed by atoms with E-state index >= 15 is 0 Å². The standard InChI is InChI=1S/C17H25N3O6S/c1-12-4-5-13(2)14(10-12)27(24,25)20-7-3-9-26-15(20)11-19-17(23)16(22)18-6-8-21/h4-5,10,15,21H,3,6-9,11H2,1-2H3,(H,18,22)(H,19,23)/t15-/m1/s1. The molecule has 0 bridgehead atoms. The topological polar surface area (TPSA) is 125 Å². The van der Waals surface area contributed by atoms with Crippen molar-refractivity contribution in [3.8, 4) is 0 Å². The largest absolute Gasteiger partial charge is 0.395 e. The minimum atomic E-state index is -3.82. The molecule has 0 unspecified atom stereocenters. The fourth-order valence-electron chi connectivity index (χ4n) is 2.72. The maximum absolute atomic E-state index is 13.1. The van der Waals surface area contributed by atoms with Crippen molar-refractivity contribution >= 4 is 21.8 Å². The van der Waals surface area contributed by atoms with E-state index in [9.17, 15) is 18.0 Å². The molecule has 1 saturated heterocycles. The van der Waals surface area contributed by atoms with Gasteiger partial charge in [-0.2, -0.15) is 4.31 Å². The third-order valence-corrected chi connectivity index (χ3v) is 6.16. The maximum Gasteiger partial charge on any atom is 0.309 e. The van der Waals surface area contributed by atoms with Crippen molar-refractivity contribution in [2.75, 3.05) is 32.8 Å². The van der Waals surface area contributed by atoms with E-state index in [2.05, 4.69) is 10.6 Å². The van der Waals surface area contributed by atoms with Crippen LogP contribution in [0.5, 0.6) is 0 Å². The van der Waals surface area contributed by atoms with Gasteiger partial charge in [-0.05, 0) is 37.5 Å². The number of rotatable bonds is 6. The van der Waals surface area contributed by atoms with Crippen LogP contribution in [0.15, 0.2) is 23.1 Å². The summed E-state index contributed by atoms with van der Waals surface area (Å²) in [4.78, 5) is 23.5. The van der Waals surface area contributed by atoms with Crippen molar-refractivity contribution in [3.05, 3.63) is 29.3 Å². The molecular weight excluding hydrogens is 374 g/mol. The van der Waals surface area contributed by atoms with Crippen LogP contribution in [0, 0.1) is 13.8 Å². The molecule has 0 aromatic heterocycles. The van der Waals surface area contributed by atoms with Gasteiger partial charge in [0, 0.05) is 13.1 Å². The Morgan fingerprint density at radius 1 is 1.26 bits per heavy atom. The molecule has 10 heteroatoms. The van der Waals surface area contributed by atoms with Crippen LogP contribution in [0.25, 0.3) is 0 Å². The third kappa shape index (κ3) is 5.25. The molecule has 0 spiro atoms. The second-order valence-corrected chi connectivity index (χ2v) is 8.11. The molecule has 0 aliphatic carbocycles. The average Bonchev–Trinajstić information content (AvgIpc) is 2.66. The van der Waals surface area contributed by atoms with Gasteiger partial charge in [0.2, 0.25) is 10.0 Å². The van der Waals surface area contributed by atoms with Crippen molar-refractivity contribution in [2.45, 2.75) is 31.4 Å². The minimum Gasteiger partial charge on any atom is -0.395 e. The SMILES string of the molecule is Cc1ccc(C)c(S(=O)(=O)N2CCCO[C@@H]2CNC(=O)C(=O)NCCO)c1. The number of sulfonamides is 1. The molecule has 1 aromatic carbocycles. The molecule has 2 rings (SSSR count). The van der Waals surface area contributed by atoms with Crippen LogP contribution < -0.4 is 10.6 Å². The Labute approximate surface area is 158 Å². The summed E-state index contributed by atoms with van der Waals surface area (Å²) < 4.78 is 33.0. The molecule has 1 heterocycles. The van der Waals surface area contributed by atoms with Crippen molar-refractivity contribution in [1.29, 1.82) is 0 Å². The number of amides is 2.